The first-order valence-electron chi connectivity index (χ1n) is 6.79. The number of rotatable bonds is 4. The first-order chi connectivity index (χ1) is 7.38. The van der Waals surface area contributed by atoms with E-state index in [-0.39, 0.29) is 5.54 Å². The fourth-order valence-electron chi connectivity index (χ4n) is 3.51. The summed E-state index contributed by atoms with van der Waals surface area (Å²) in [5.41, 5.74) is 6.87. The van der Waals surface area contributed by atoms with E-state index in [0.717, 1.165) is 6.54 Å². The van der Waals surface area contributed by atoms with E-state index in [1.807, 2.05) is 0 Å². The normalized spacial score (nSPS) is 34.3. The molecule has 96 valence electrons. The van der Waals surface area contributed by atoms with Gasteiger partial charge in [0.1, 0.15) is 0 Å². The van der Waals surface area contributed by atoms with Crippen LogP contribution in [-0.4, -0.2) is 30.6 Å². The Balaban J connectivity index is 2.80. The zero-order chi connectivity index (χ0) is 12.4. The van der Waals surface area contributed by atoms with Gasteiger partial charge in [0.15, 0.2) is 0 Å². The molecule has 0 spiro atoms. The lowest BCUT2D eigenvalue weighted by Crippen LogP contribution is -2.59. The van der Waals surface area contributed by atoms with Gasteiger partial charge in [-0.1, -0.05) is 27.7 Å². The predicted molar refractivity (Wildman–Crippen MR) is 71.5 cm³/mol. The highest BCUT2D eigenvalue weighted by atomic mass is 15.2. The second-order valence-electron chi connectivity index (χ2n) is 6.50. The maximum absolute atomic E-state index is 6.11. The molecule has 0 aromatic heterocycles. The molecule has 1 aliphatic rings. The molecule has 0 aliphatic heterocycles. The Hall–Kier alpha value is -0.0800. The van der Waals surface area contributed by atoms with Gasteiger partial charge in [-0.15, -0.1) is 0 Å². The van der Waals surface area contributed by atoms with E-state index in [2.05, 4.69) is 39.6 Å². The van der Waals surface area contributed by atoms with Crippen molar-refractivity contribution in [3.05, 3.63) is 0 Å². The van der Waals surface area contributed by atoms with Crippen molar-refractivity contribution in [3.8, 4) is 0 Å². The fourth-order valence-corrected chi connectivity index (χ4v) is 3.51. The van der Waals surface area contributed by atoms with Crippen LogP contribution < -0.4 is 5.73 Å². The van der Waals surface area contributed by atoms with Gasteiger partial charge in [-0.25, -0.2) is 0 Å². The van der Waals surface area contributed by atoms with Crippen LogP contribution >= 0.6 is 0 Å². The van der Waals surface area contributed by atoms with Crippen molar-refractivity contribution >= 4 is 0 Å². The smallest absolute Gasteiger partial charge is 0.0354 e. The quantitative estimate of drug-likeness (QED) is 0.798. The van der Waals surface area contributed by atoms with Crippen molar-refractivity contribution in [2.75, 3.05) is 20.1 Å². The zero-order valence-corrected chi connectivity index (χ0v) is 11.8. The fraction of sp³-hybridized carbons (Fsp3) is 1.00. The summed E-state index contributed by atoms with van der Waals surface area (Å²) < 4.78 is 0. The second kappa shape index (κ2) is 5.05. The maximum Gasteiger partial charge on any atom is 0.0354 e. The molecule has 2 heteroatoms. The predicted octanol–water partition coefficient (Wildman–Crippen LogP) is 2.87. The van der Waals surface area contributed by atoms with Gasteiger partial charge in [0, 0.05) is 12.1 Å². The lowest BCUT2D eigenvalue weighted by atomic mass is 9.63. The maximum atomic E-state index is 6.11. The van der Waals surface area contributed by atoms with Crippen LogP contribution in [0.5, 0.6) is 0 Å². The summed E-state index contributed by atoms with van der Waals surface area (Å²) in [6.45, 7) is 11.4. The summed E-state index contributed by atoms with van der Waals surface area (Å²) >= 11 is 0. The molecule has 0 amide bonds. The highest BCUT2D eigenvalue weighted by Crippen LogP contribution is 2.45. The summed E-state index contributed by atoms with van der Waals surface area (Å²) in [5.74, 6) is 0.706. The van der Waals surface area contributed by atoms with Gasteiger partial charge in [0.05, 0.1) is 0 Å². The van der Waals surface area contributed by atoms with Crippen LogP contribution in [0, 0.1) is 11.3 Å². The molecular formula is C14H30N2. The van der Waals surface area contributed by atoms with E-state index in [9.17, 15) is 0 Å². The molecule has 1 rings (SSSR count). The zero-order valence-electron chi connectivity index (χ0n) is 11.8. The summed E-state index contributed by atoms with van der Waals surface area (Å²) in [7, 11) is 2.26. The Morgan fingerprint density at radius 1 is 1.31 bits per heavy atom. The van der Waals surface area contributed by atoms with Crippen molar-refractivity contribution in [1.29, 1.82) is 0 Å². The Morgan fingerprint density at radius 3 is 2.38 bits per heavy atom. The van der Waals surface area contributed by atoms with Gasteiger partial charge in [-0.2, -0.15) is 0 Å². The van der Waals surface area contributed by atoms with Crippen LogP contribution in [0.25, 0.3) is 0 Å². The molecule has 1 fully saturated rings. The van der Waals surface area contributed by atoms with Crippen molar-refractivity contribution in [3.63, 3.8) is 0 Å². The summed E-state index contributed by atoms with van der Waals surface area (Å²) in [6.07, 6.45) is 5.09. The number of nitrogens with two attached hydrogens (primary N) is 1. The third-order valence-corrected chi connectivity index (χ3v) is 4.68. The summed E-state index contributed by atoms with van der Waals surface area (Å²) in [6, 6.07) is 0. The first kappa shape index (κ1) is 14.0. The SMILES string of the molecule is CCCN(C)C1(CN)CCC(C)(C)CC1C. The van der Waals surface area contributed by atoms with Gasteiger partial charge in [0.25, 0.3) is 0 Å². The average Bonchev–Trinajstić information content (AvgIpc) is 2.17. The van der Waals surface area contributed by atoms with E-state index < -0.39 is 0 Å². The molecule has 0 bridgehead atoms. The molecule has 1 saturated carbocycles. The van der Waals surface area contributed by atoms with Crippen molar-refractivity contribution in [2.45, 2.75) is 58.9 Å². The van der Waals surface area contributed by atoms with Gasteiger partial charge in [-0.05, 0) is 50.6 Å². The summed E-state index contributed by atoms with van der Waals surface area (Å²) in [5, 5.41) is 0. The molecule has 2 atom stereocenters. The second-order valence-corrected chi connectivity index (χ2v) is 6.50. The molecule has 2 unspecified atom stereocenters. The first-order valence-corrected chi connectivity index (χ1v) is 6.79. The Kier molecular flexibility index (Phi) is 4.42. The van der Waals surface area contributed by atoms with Crippen LogP contribution in [-0.2, 0) is 0 Å². The van der Waals surface area contributed by atoms with Crippen LogP contribution in [0.15, 0.2) is 0 Å². The Labute approximate surface area is 102 Å². The third-order valence-electron chi connectivity index (χ3n) is 4.68. The molecule has 0 radical (unpaired) electrons. The topological polar surface area (TPSA) is 29.3 Å². The van der Waals surface area contributed by atoms with Crippen molar-refractivity contribution in [2.24, 2.45) is 17.1 Å². The van der Waals surface area contributed by atoms with Gasteiger partial charge >= 0.3 is 0 Å². The number of nitrogens with zero attached hydrogens (tertiary/aromatic N) is 1. The molecule has 0 aromatic carbocycles. The minimum absolute atomic E-state index is 0.255. The monoisotopic (exact) mass is 226 g/mol. The van der Waals surface area contributed by atoms with E-state index in [0.29, 0.717) is 11.3 Å². The van der Waals surface area contributed by atoms with Crippen LogP contribution in [0.1, 0.15) is 53.4 Å². The van der Waals surface area contributed by atoms with Crippen LogP contribution in [0.2, 0.25) is 0 Å². The molecule has 2 N–H and O–H groups in total. The molecule has 0 saturated heterocycles. The Bertz CT molecular complexity index is 225. The molecule has 16 heavy (non-hydrogen) atoms. The van der Waals surface area contributed by atoms with Crippen molar-refractivity contribution in [1.82, 2.24) is 4.90 Å². The Morgan fingerprint density at radius 2 is 1.94 bits per heavy atom. The van der Waals surface area contributed by atoms with Crippen LogP contribution in [0.4, 0.5) is 0 Å². The number of hydrogen-bond donors (Lipinski definition) is 1. The largest absolute Gasteiger partial charge is 0.329 e. The highest BCUT2D eigenvalue weighted by molar-refractivity contribution is 5.01. The number of likely N-dealkylation sites (N-methyl/N-ethyl adjacent to an activating group) is 1. The van der Waals surface area contributed by atoms with Crippen molar-refractivity contribution < 1.29 is 0 Å². The van der Waals surface area contributed by atoms with E-state index in [4.69, 9.17) is 5.73 Å². The lowest BCUT2D eigenvalue weighted by molar-refractivity contribution is -0.00698. The van der Waals surface area contributed by atoms with E-state index in [1.54, 1.807) is 0 Å². The highest BCUT2D eigenvalue weighted by Gasteiger charge is 2.45. The van der Waals surface area contributed by atoms with Gasteiger partial charge < -0.3 is 5.73 Å². The molecule has 1 aliphatic carbocycles. The molecular weight excluding hydrogens is 196 g/mol. The van der Waals surface area contributed by atoms with E-state index in [1.165, 1.54) is 32.2 Å². The van der Waals surface area contributed by atoms with E-state index >= 15 is 0 Å². The molecule has 2 nitrogen and oxygen atoms in total. The van der Waals surface area contributed by atoms with Crippen LogP contribution in [0.3, 0.4) is 0 Å². The average molecular weight is 226 g/mol. The van der Waals surface area contributed by atoms with Gasteiger partial charge in [-0.3, -0.25) is 4.90 Å². The molecule has 0 heterocycles. The minimum atomic E-state index is 0.255. The lowest BCUT2D eigenvalue weighted by Gasteiger charge is -2.52. The third kappa shape index (κ3) is 2.60. The number of hydrogen-bond acceptors (Lipinski definition) is 2. The molecule has 0 aromatic rings. The van der Waals surface area contributed by atoms with Gasteiger partial charge in [0.2, 0.25) is 0 Å². The summed E-state index contributed by atoms with van der Waals surface area (Å²) in [4.78, 5) is 2.52. The standard InChI is InChI=1S/C14H30N2/c1-6-9-16(5)14(11-15)8-7-13(3,4)10-12(14)2/h12H,6-11,15H2,1-5H3. The minimum Gasteiger partial charge on any atom is -0.329 e.